The summed E-state index contributed by atoms with van der Waals surface area (Å²) in [6, 6.07) is 6.24. The molecule has 0 bridgehead atoms. The molecular formula is C12H15F2NO3. The van der Waals surface area contributed by atoms with Gasteiger partial charge < -0.3 is 10.2 Å². The molecule has 100 valence electrons. The Kier molecular flexibility index (Phi) is 5.67. The largest absolute Gasteiger partial charge is 0.478 e. The van der Waals surface area contributed by atoms with Gasteiger partial charge in [-0.05, 0) is 11.6 Å². The Labute approximate surface area is 103 Å². The number of carboxylic acid groups (broad SMARTS) is 1. The quantitative estimate of drug-likeness (QED) is 0.778. The maximum Gasteiger partial charge on any atom is 0.336 e. The van der Waals surface area contributed by atoms with Crippen molar-refractivity contribution in [3.63, 3.8) is 0 Å². The third kappa shape index (κ3) is 4.38. The molecule has 0 saturated carbocycles. The topological polar surface area (TPSA) is 60.8 Å². The number of hydrogen-bond donors (Lipinski definition) is 2. The molecule has 0 aliphatic carbocycles. The second-order valence-corrected chi connectivity index (χ2v) is 3.81. The molecule has 1 rings (SSSR count). The van der Waals surface area contributed by atoms with E-state index in [1.165, 1.54) is 11.0 Å². The number of rotatable bonds is 7. The summed E-state index contributed by atoms with van der Waals surface area (Å²) < 4.78 is 24.7. The maximum absolute atomic E-state index is 12.3. The van der Waals surface area contributed by atoms with Crippen LogP contribution in [-0.2, 0) is 6.54 Å². The van der Waals surface area contributed by atoms with E-state index in [0.29, 0.717) is 5.56 Å². The predicted octanol–water partition coefficient (Wildman–Crippen LogP) is 1.44. The molecule has 0 heterocycles. The van der Waals surface area contributed by atoms with Crippen LogP contribution in [-0.4, -0.2) is 47.2 Å². The number of aliphatic hydroxyl groups is 1. The molecule has 0 aliphatic heterocycles. The van der Waals surface area contributed by atoms with E-state index >= 15 is 0 Å². The van der Waals surface area contributed by atoms with E-state index in [4.69, 9.17) is 10.2 Å². The lowest BCUT2D eigenvalue weighted by Crippen LogP contribution is -2.31. The van der Waals surface area contributed by atoms with Crippen LogP contribution in [0.5, 0.6) is 0 Å². The summed E-state index contributed by atoms with van der Waals surface area (Å²) in [5, 5.41) is 17.8. The predicted molar refractivity (Wildman–Crippen MR) is 61.8 cm³/mol. The van der Waals surface area contributed by atoms with Crippen molar-refractivity contribution in [1.82, 2.24) is 4.90 Å². The Morgan fingerprint density at radius 2 is 2.00 bits per heavy atom. The standard InChI is InChI=1S/C12H15F2NO3/c13-11(14)8-15(5-6-16)7-9-3-1-2-4-10(9)12(17)18/h1-4,11,16H,5-8H2,(H,17,18). The van der Waals surface area contributed by atoms with Gasteiger partial charge in [-0.1, -0.05) is 18.2 Å². The van der Waals surface area contributed by atoms with Crippen LogP contribution in [0.1, 0.15) is 15.9 Å². The Balaban J connectivity index is 2.82. The van der Waals surface area contributed by atoms with E-state index in [2.05, 4.69) is 0 Å². The lowest BCUT2D eigenvalue weighted by atomic mass is 10.1. The molecule has 0 amide bonds. The number of aliphatic hydroxyl groups excluding tert-OH is 1. The number of hydrogen-bond acceptors (Lipinski definition) is 3. The summed E-state index contributed by atoms with van der Waals surface area (Å²) in [6.45, 7) is -0.581. The number of alkyl halides is 2. The van der Waals surface area contributed by atoms with Gasteiger partial charge in [0.15, 0.2) is 0 Å². The zero-order valence-electron chi connectivity index (χ0n) is 9.72. The molecule has 18 heavy (non-hydrogen) atoms. The van der Waals surface area contributed by atoms with Gasteiger partial charge in [0.1, 0.15) is 0 Å². The Morgan fingerprint density at radius 1 is 1.33 bits per heavy atom. The van der Waals surface area contributed by atoms with Gasteiger partial charge in [-0.15, -0.1) is 0 Å². The van der Waals surface area contributed by atoms with Gasteiger partial charge in [-0.3, -0.25) is 4.90 Å². The molecule has 2 N–H and O–H groups in total. The van der Waals surface area contributed by atoms with E-state index in [9.17, 15) is 13.6 Å². The first kappa shape index (κ1) is 14.5. The van der Waals surface area contributed by atoms with E-state index in [1.807, 2.05) is 0 Å². The minimum absolute atomic E-state index is 0.0768. The normalized spacial score (nSPS) is 11.2. The second kappa shape index (κ2) is 7.03. The molecule has 0 unspecified atom stereocenters. The molecule has 1 aromatic carbocycles. The van der Waals surface area contributed by atoms with Crippen molar-refractivity contribution in [3.05, 3.63) is 35.4 Å². The molecule has 0 aromatic heterocycles. The van der Waals surface area contributed by atoms with Gasteiger partial charge in [0, 0.05) is 13.1 Å². The molecule has 0 spiro atoms. The van der Waals surface area contributed by atoms with Crippen molar-refractivity contribution >= 4 is 5.97 Å². The van der Waals surface area contributed by atoms with Crippen LogP contribution in [0.2, 0.25) is 0 Å². The van der Waals surface area contributed by atoms with Gasteiger partial charge in [0.25, 0.3) is 6.43 Å². The molecular weight excluding hydrogens is 244 g/mol. The molecule has 0 radical (unpaired) electrons. The van der Waals surface area contributed by atoms with Crippen LogP contribution >= 0.6 is 0 Å². The molecule has 0 fully saturated rings. The molecule has 4 nitrogen and oxygen atoms in total. The fourth-order valence-corrected chi connectivity index (χ4v) is 1.68. The summed E-state index contributed by atoms with van der Waals surface area (Å²) in [7, 11) is 0. The molecule has 0 atom stereocenters. The van der Waals surface area contributed by atoms with Crippen molar-refractivity contribution in [2.75, 3.05) is 19.7 Å². The Morgan fingerprint density at radius 3 is 2.56 bits per heavy atom. The number of aromatic carboxylic acids is 1. The van der Waals surface area contributed by atoms with Crippen LogP contribution in [0.4, 0.5) is 8.78 Å². The third-order valence-corrected chi connectivity index (χ3v) is 2.45. The SMILES string of the molecule is O=C(O)c1ccccc1CN(CCO)CC(F)F. The lowest BCUT2D eigenvalue weighted by molar-refractivity contribution is 0.0684. The van der Waals surface area contributed by atoms with Crippen LogP contribution < -0.4 is 0 Å². The summed E-state index contributed by atoms with van der Waals surface area (Å²) in [4.78, 5) is 12.3. The monoisotopic (exact) mass is 259 g/mol. The fourth-order valence-electron chi connectivity index (χ4n) is 1.68. The highest BCUT2D eigenvalue weighted by Crippen LogP contribution is 2.12. The van der Waals surface area contributed by atoms with Gasteiger partial charge in [0.05, 0.1) is 18.7 Å². The minimum Gasteiger partial charge on any atom is -0.478 e. The van der Waals surface area contributed by atoms with Crippen LogP contribution in [0.3, 0.4) is 0 Å². The minimum atomic E-state index is -2.52. The first-order chi connectivity index (χ1) is 8.54. The number of nitrogens with zero attached hydrogens (tertiary/aromatic N) is 1. The molecule has 0 aliphatic rings. The highest BCUT2D eigenvalue weighted by Gasteiger charge is 2.15. The van der Waals surface area contributed by atoms with E-state index < -0.39 is 18.9 Å². The lowest BCUT2D eigenvalue weighted by Gasteiger charge is -2.21. The van der Waals surface area contributed by atoms with Crippen LogP contribution in [0, 0.1) is 0 Å². The number of halogens is 2. The molecule has 6 heteroatoms. The van der Waals surface area contributed by atoms with Gasteiger partial charge in [-0.2, -0.15) is 0 Å². The average molecular weight is 259 g/mol. The third-order valence-electron chi connectivity index (χ3n) is 2.45. The van der Waals surface area contributed by atoms with Crippen molar-refractivity contribution in [3.8, 4) is 0 Å². The van der Waals surface area contributed by atoms with E-state index in [1.54, 1.807) is 18.2 Å². The summed E-state index contributed by atoms with van der Waals surface area (Å²) in [6.07, 6.45) is -2.52. The zero-order chi connectivity index (χ0) is 13.5. The van der Waals surface area contributed by atoms with E-state index in [0.717, 1.165) is 0 Å². The van der Waals surface area contributed by atoms with Gasteiger partial charge in [0.2, 0.25) is 0 Å². The van der Waals surface area contributed by atoms with Crippen LogP contribution in [0.15, 0.2) is 24.3 Å². The zero-order valence-corrected chi connectivity index (χ0v) is 9.72. The summed E-state index contributed by atoms with van der Waals surface area (Å²) in [5.41, 5.74) is 0.550. The molecule has 1 aromatic rings. The van der Waals surface area contributed by atoms with Gasteiger partial charge in [-0.25, -0.2) is 13.6 Å². The first-order valence-electron chi connectivity index (χ1n) is 5.47. The van der Waals surface area contributed by atoms with Crippen molar-refractivity contribution in [2.45, 2.75) is 13.0 Å². The van der Waals surface area contributed by atoms with Gasteiger partial charge >= 0.3 is 5.97 Å². The van der Waals surface area contributed by atoms with Crippen molar-refractivity contribution < 1.29 is 23.8 Å². The second-order valence-electron chi connectivity index (χ2n) is 3.81. The fraction of sp³-hybridized carbons (Fsp3) is 0.417. The van der Waals surface area contributed by atoms with Crippen molar-refractivity contribution in [1.29, 1.82) is 0 Å². The summed E-state index contributed by atoms with van der Waals surface area (Å²) in [5.74, 6) is -1.09. The summed E-state index contributed by atoms with van der Waals surface area (Å²) >= 11 is 0. The van der Waals surface area contributed by atoms with E-state index in [-0.39, 0.29) is 25.3 Å². The number of carbonyl (C=O) groups is 1. The first-order valence-corrected chi connectivity index (χ1v) is 5.47. The Bertz CT molecular complexity index is 399. The maximum atomic E-state index is 12.3. The highest BCUT2D eigenvalue weighted by atomic mass is 19.3. The van der Waals surface area contributed by atoms with Crippen LogP contribution in [0.25, 0.3) is 0 Å². The Hall–Kier alpha value is -1.53. The smallest absolute Gasteiger partial charge is 0.336 e. The highest BCUT2D eigenvalue weighted by molar-refractivity contribution is 5.89. The average Bonchev–Trinajstić information content (AvgIpc) is 2.28. The molecule has 0 saturated heterocycles. The number of benzene rings is 1. The number of carboxylic acids is 1. The van der Waals surface area contributed by atoms with Crippen molar-refractivity contribution in [2.24, 2.45) is 0 Å².